The number of thiophene rings is 1. The molecule has 1 aliphatic carbocycles. The SMILES string of the molecule is CNCC[C@H](Oc1ccc(CN2CCN(C)c3ncccc3C2=O)c(C2CC2)c1)c1cccs1. The third-order valence-corrected chi connectivity index (χ3v) is 7.63. The maximum absolute atomic E-state index is 13.4. The van der Waals surface area contributed by atoms with E-state index in [1.807, 2.05) is 31.1 Å². The number of rotatable bonds is 9. The molecule has 7 heteroatoms. The van der Waals surface area contributed by atoms with Gasteiger partial charge in [-0.3, -0.25) is 4.79 Å². The predicted octanol–water partition coefficient (Wildman–Crippen LogP) is 4.84. The third kappa shape index (κ3) is 4.95. The Kier molecular flexibility index (Phi) is 6.83. The monoisotopic (exact) mass is 476 g/mol. The van der Waals surface area contributed by atoms with Crippen LogP contribution in [0, 0.1) is 0 Å². The Bertz CT molecular complexity index is 1130. The minimum atomic E-state index is 0.0390. The Morgan fingerprint density at radius 2 is 2.09 bits per heavy atom. The van der Waals surface area contributed by atoms with Crippen molar-refractivity contribution in [2.24, 2.45) is 0 Å². The fraction of sp³-hybridized carbons (Fsp3) is 0.407. The molecule has 34 heavy (non-hydrogen) atoms. The highest BCUT2D eigenvalue weighted by Gasteiger charge is 2.30. The summed E-state index contributed by atoms with van der Waals surface area (Å²) in [4.78, 5) is 23.1. The summed E-state index contributed by atoms with van der Waals surface area (Å²) >= 11 is 1.74. The minimum Gasteiger partial charge on any atom is -0.485 e. The summed E-state index contributed by atoms with van der Waals surface area (Å²) in [6, 6.07) is 14.4. The predicted molar refractivity (Wildman–Crippen MR) is 137 cm³/mol. The molecule has 2 aromatic heterocycles. The summed E-state index contributed by atoms with van der Waals surface area (Å²) in [6.07, 6.45) is 5.11. The number of nitrogens with one attached hydrogen (secondary N) is 1. The molecule has 3 aromatic rings. The Morgan fingerprint density at radius 1 is 1.21 bits per heavy atom. The number of hydrogen-bond donors (Lipinski definition) is 1. The van der Waals surface area contributed by atoms with Crippen LogP contribution in [0.2, 0.25) is 0 Å². The van der Waals surface area contributed by atoms with E-state index in [2.05, 4.69) is 50.9 Å². The number of fused-ring (bicyclic) bond motifs is 1. The molecule has 0 spiro atoms. The van der Waals surface area contributed by atoms with Crippen LogP contribution < -0.4 is 15.0 Å². The van der Waals surface area contributed by atoms with Crippen molar-refractivity contribution in [2.45, 2.75) is 37.8 Å². The van der Waals surface area contributed by atoms with Crippen LogP contribution in [0.25, 0.3) is 0 Å². The van der Waals surface area contributed by atoms with E-state index in [0.29, 0.717) is 24.6 Å². The standard InChI is InChI=1S/C27H32N4O2S/c1-28-13-11-24(25-6-4-16-34-25)33-21-10-9-20(23(17-21)19-7-8-19)18-31-15-14-30(2)26-22(27(31)32)5-3-12-29-26/h3-6,9-10,12,16-17,19,24,28H,7-8,11,13-15,18H2,1-2H3/t24-/m0/s1. The van der Waals surface area contributed by atoms with E-state index in [9.17, 15) is 4.79 Å². The third-order valence-electron chi connectivity index (χ3n) is 6.66. The molecule has 1 fully saturated rings. The van der Waals surface area contributed by atoms with Gasteiger partial charge in [-0.1, -0.05) is 12.1 Å². The molecule has 0 unspecified atom stereocenters. The molecule has 6 nitrogen and oxygen atoms in total. The lowest BCUT2D eigenvalue weighted by Crippen LogP contribution is -2.33. The van der Waals surface area contributed by atoms with Gasteiger partial charge in [-0.05, 0) is 79.2 Å². The number of likely N-dealkylation sites (N-methyl/N-ethyl adjacent to an activating group) is 1. The van der Waals surface area contributed by atoms with Crippen molar-refractivity contribution in [3.8, 4) is 5.75 Å². The molecule has 1 N–H and O–H groups in total. The Balaban J connectivity index is 1.37. The average molecular weight is 477 g/mol. The van der Waals surface area contributed by atoms with Gasteiger partial charge in [0.1, 0.15) is 17.7 Å². The van der Waals surface area contributed by atoms with Gasteiger partial charge >= 0.3 is 0 Å². The van der Waals surface area contributed by atoms with Gasteiger partial charge in [0.25, 0.3) is 5.91 Å². The molecule has 1 aromatic carbocycles. The van der Waals surface area contributed by atoms with Gasteiger partial charge in [-0.2, -0.15) is 0 Å². The highest BCUT2D eigenvalue weighted by atomic mass is 32.1. The number of anilines is 1. The number of nitrogens with zero attached hydrogens (tertiary/aromatic N) is 3. The first-order chi connectivity index (χ1) is 16.6. The normalized spacial score (nSPS) is 16.8. The number of pyridine rings is 1. The molecule has 5 rings (SSSR count). The molecular weight excluding hydrogens is 444 g/mol. The smallest absolute Gasteiger partial charge is 0.257 e. The number of amides is 1. The van der Waals surface area contributed by atoms with Crippen molar-refractivity contribution >= 4 is 23.1 Å². The van der Waals surface area contributed by atoms with Crippen LogP contribution in [0.1, 0.15) is 57.6 Å². The summed E-state index contributed by atoms with van der Waals surface area (Å²) in [7, 11) is 3.98. The molecule has 1 saturated carbocycles. The Hall–Kier alpha value is -2.90. The quantitative estimate of drug-likeness (QED) is 0.479. The van der Waals surface area contributed by atoms with Crippen LogP contribution in [-0.4, -0.2) is 49.5 Å². The summed E-state index contributed by atoms with van der Waals surface area (Å²) in [5.74, 6) is 2.30. The van der Waals surface area contributed by atoms with Crippen LogP contribution in [0.3, 0.4) is 0 Å². The maximum atomic E-state index is 13.4. The zero-order valence-corrected chi connectivity index (χ0v) is 20.7. The minimum absolute atomic E-state index is 0.0390. The Morgan fingerprint density at radius 3 is 2.85 bits per heavy atom. The first-order valence-electron chi connectivity index (χ1n) is 12.1. The second kappa shape index (κ2) is 10.2. The van der Waals surface area contributed by atoms with Crippen LogP contribution in [-0.2, 0) is 6.54 Å². The van der Waals surface area contributed by atoms with E-state index >= 15 is 0 Å². The largest absolute Gasteiger partial charge is 0.485 e. The average Bonchev–Trinajstić information content (AvgIpc) is 3.59. The number of carbonyl (C=O) groups excluding carboxylic acids is 1. The molecule has 0 saturated heterocycles. The van der Waals surface area contributed by atoms with Gasteiger partial charge in [-0.15, -0.1) is 11.3 Å². The first kappa shape index (κ1) is 22.9. The van der Waals surface area contributed by atoms with Crippen LogP contribution in [0.15, 0.2) is 54.0 Å². The molecule has 1 atom stereocenters. The van der Waals surface area contributed by atoms with E-state index in [-0.39, 0.29) is 12.0 Å². The topological polar surface area (TPSA) is 57.7 Å². The molecule has 1 aliphatic heterocycles. The second-order valence-corrected chi connectivity index (χ2v) is 10.2. The van der Waals surface area contributed by atoms with Crippen molar-refractivity contribution in [1.82, 2.24) is 15.2 Å². The summed E-state index contributed by atoms with van der Waals surface area (Å²) in [5, 5.41) is 5.34. The van der Waals surface area contributed by atoms with E-state index in [0.717, 1.165) is 31.1 Å². The lowest BCUT2D eigenvalue weighted by molar-refractivity contribution is 0.0754. The summed E-state index contributed by atoms with van der Waals surface area (Å²) in [5.41, 5.74) is 3.23. The number of hydrogen-bond acceptors (Lipinski definition) is 6. The zero-order chi connectivity index (χ0) is 23.5. The van der Waals surface area contributed by atoms with Gasteiger partial charge < -0.3 is 19.9 Å². The van der Waals surface area contributed by atoms with Crippen LogP contribution in [0.5, 0.6) is 5.75 Å². The van der Waals surface area contributed by atoms with E-state index in [4.69, 9.17) is 4.74 Å². The maximum Gasteiger partial charge on any atom is 0.257 e. The number of aromatic nitrogens is 1. The molecule has 178 valence electrons. The zero-order valence-electron chi connectivity index (χ0n) is 19.9. The molecule has 3 heterocycles. The van der Waals surface area contributed by atoms with Crippen molar-refractivity contribution in [3.63, 3.8) is 0 Å². The van der Waals surface area contributed by atoms with Gasteiger partial charge in [0.2, 0.25) is 0 Å². The van der Waals surface area contributed by atoms with E-state index in [1.165, 1.54) is 28.8 Å². The van der Waals surface area contributed by atoms with Gasteiger partial charge in [0, 0.05) is 44.2 Å². The summed E-state index contributed by atoms with van der Waals surface area (Å²) < 4.78 is 6.50. The Labute approximate surface area is 205 Å². The fourth-order valence-electron chi connectivity index (χ4n) is 4.61. The highest BCUT2D eigenvalue weighted by molar-refractivity contribution is 7.10. The van der Waals surface area contributed by atoms with Crippen molar-refractivity contribution in [1.29, 1.82) is 0 Å². The van der Waals surface area contributed by atoms with Gasteiger partial charge in [0.05, 0.1) is 5.56 Å². The second-order valence-electron chi connectivity index (χ2n) is 9.17. The molecular formula is C27H32N4O2S. The van der Waals surface area contributed by atoms with Gasteiger partial charge in [-0.25, -0.2) is 4.98 Å². The molecule has 0 radical (unpaired) electrons. The number of carbonyl (C=O) groups is 1. The van der Waals surface area contributed by atoms with Crippen molar-refractivity contribution in [3.05, 3.63) is 75.6 Å². The lowest BCUT2D eigenvalue weighted by Gasteiger charge is -2.24. The lowest BCUT2D eigenvalue weighted by atomic mass is 10.0. The van der Waals surface area contributed by atoms with Crippen LogP contribution >= 0.6 is 11.3 Å². The van der Waals surface area contributed by atoms with E-state index in [1.54, 1.807) is 17.5 Å². The van der Waals surface area contributed by atoms with Crippen molar-refractivity contribution < 1.29 is 9.53 Å². The molecule has 0 bridgehead atoms. The molecule has 1 amide bonds. The highest BCUT2D eigenvalue weighted by Crippen LogP contribution is 2.44. The van der Waals surface area contributed by atoms with E-state index < -0.39 is 0 Å². The number of benzene rings is 1. The fourth-order valence-corrected chi connectivity index (χ4v) is 5.40. The summed E-state index contributed by atoms with van der Waals surface area (Å²) in [6.45, 7) is 2.96. The molecule has 2 aliphatic rings. The number of ether oxygens (including phenoxy) is 1. The first-order valence-corrected chi connectivity index (χ1v) is 12.9. The van der Waals surface area contributed by atoms with Crippen LogP contribution in [0.4, 0.5) is 5.82 Å². The van der Waals surface area contributed by atoms with Gasteiger partial charge in [0.15, 0.2) is 0 Å². The van der Waals surface area contributed by atoms with Crippen molar-refractivity contribution in [2.75, 3.05) is 38.6 Å².